The maximum Gasteiger partial charge on any atom is 0.356 e. The van der Waals surface area contributed by atoms with Crippen molar-refractivity contribution in [3.05, 3.63) is 54.2 Å². The van der Waals surface area contributed by atoms with Crippen LogP contribution in [0.25, 0.3) is 22.6 Å². The van der Waals surface area contributed by atoms with E-state index in [4.69, 9.17) is 14.2 Å². The Morgan fingerprint density at radius 1 is 0.920 bits per heavy atom. The van der Waals surface area contributed by atoms with Crippen molar-refractivity contribution < 1.29 is 19.0 Å². The number of aromatic amines is 1. The fraction of sp³-hybridized carbons (Fsp3) is 0.158. The number of imidazole rings is 1. The van der Waals surface area contributed by atoms with Crippen molar-refractivity contribution in [2.45, 2.75) is 0 Å². The summed E-state index contributed by atoms with van der Waals surface area (Å²) >= 11 is 0. The average Bonchev–Trinajstić information content (AvgIpc) is 3.13. The van der Waals surface area contributed by atoms with Crippen LogP contribution in [0.15, 0.2) is 48.5 Å². The van der Waals surface area contributed by atoms with Crippen LogP contribution in [0.1, 0.15) is 10.5 Å². The molecule has 0 aliphatic carbocycles. The van der Waals surface area contributed by atoms with Crippen LogP contribution >= 0.6 is 0 Å². The van der Waals surface area contributed by atoms with E-state index >= 15 is 0 Å². The highest BCUT2D eigenvalue weighted by Gasteiger charge is 2.21. The first kappa shape index (κ1) is 16.6. The maximum atomic E-state index is 12.2. The molecular formula is C19H18N2O4. The molecule has 3 rings (SSSR count). The molecule has 0 bridgehead atoms. The Hall–Kier alpha value is -3.28. The van der Waals surface area contributed by atoms with Gasteiger partial charge in [-0.15, -0.1) is 0 Å². The summed E-state index contributed by atoms with van der Waals surface area (Å²) in [5.74, 6) is 1.26. The number of benzene rings is 2. The molecule has 0 aliphatic heterocycles. The van der Waals surface area contributed by atoms with Gasteiger partial charge in [-0.1, -0.05) is 30.3 Å². The third-order valence-corrected chi connectivity index (χ3v) is 3.80. The van der Waals surface area contributed by atoms with E-state index in [0.29, 0.717) is 23.0 Å². The molecule has 128 valence electrons. The lowest BCUT2D eigenvalue weighted by molar-refractivity contribution is 0.0595. The van der Waals surface area contributed by atoms with E-state index in [1.54, 1.807) is 26.4 Å². The number of rotatable bonds is 5. The first-order valence-electron chi connectivity index (χ1n) is 7.64. The summed E-state index contributed by atoms with van der Waals surface area (Å²) in [6.45, 7) is 0. The Balaban J connectivity index is 2.14. The van der Waals surface area contributed by atoms with E-state index in [-0.39, 0.29) is 5.69 Å². The lowest BCUT2D eigenvalue weighted by Crippen LogP contribution is -2.03. The number of nitrogens with one attached hydrogen (secondary N) is 1. The predicted octanol–water partition coefficient (Wildman–Crippen LogP) is 3.55. The molecule has 0 saturated carbocycles. The van der Waals surface area contributed by atoms with E-state index in [0.717, 1.165) is 11.1 Å². The zero-order valence-corrected chi connectivity index (χ0v) is 14.2. The summed E-state index contributed by atoms with van der Waals surface area (Å²) in [4.78, 5) is 19.8. The summed E-state index contributed by atoms with van der Waals surface area (Å²) in [6.07, 6.45) is 0. The third kappa shape index (κ3) is 3.19. The van der Waals surface area contributed by atoms with Gasteiger partial charge in [-0.3, -0.25) is 0 Å². The van der Waals surface area contributed by atoms with Gasteiger partial charge in [0.2, 0.25) is 0 Å². The summed E-state index contributed by atoms with van der Waals surface area (Å²) in [6, 6.07) is 14.9. The number of carbonyl (C=O) groups excluding carboxylic acids is 1. The molecule has 0 spiro atoms. The van der Waals surface area contributed by atoms with Gasteiger partial charge in [0.25, 0.3) is 0 Å². The molecule has 1 heterocycles. The lowest BCUT2D eigenvalue weighted by Gasteiger charge is -2.09. The van der Waals surface area contributed by atoms with Crippen molar-refractivity contribution in [3.63, 3.8) is 0 Å². The van der Waals surface area contributed by atoms with Gasteiger partial charge in [0.15, 0.2) is 17.2 Å². The van der Waals surface area contributed by atoms with Crippen molar-refractivity contribution in [1.29, 1.82) is 0 Å². The summed E-state index contributed by atoms with van der Waals surface area (Å²) in [5.41, 5.74) is 2.37. The molecule has 25 heavy (non-hydrogen) atoms. The smallest absolute Gasteiger partial charge is 0.356 e. The van der Waals surface area contributed by atoms with Gasteiger partial charge >= 0.3 is 5.97 Å². The van der Waals surface area contributed by atoms with Crippen molar-refractivity contribution in [3.8, 4) is 34.1 Å². The number of esters is 1. The first-order valence-corrected chi connectivity index (χ1v) is 7.64. The van der Waals surface area contributed by atoms with Gasteiger partial charge in [-0.2, -0.15) is 0 Å². The van der Waals surface area contributed by atoms with Crippen molar-refractivity contribution >= 4 is 5.97 Å². The first-order chi connectivity index (χ1) is 12.2. The zero-order chi connectivity index (χ0) is 17.8. The molecule has 0 fully saturated rings. The summed E-state index contributed by atoms with van der Waals surface area (Å²) in [7, 11) is 4.46. The molecule has 2 aromatic carbocycles. The normalized spacial score (nSPS) is 10.4. The van der Waals surface area contributed by atoms with Crippen LogP contribution in [0.2, 0.25) is 0 Å². The van der Waals surface area contributed by atoms with Crippen LogP contribution in [0, 0.1) is 0 Å². The number of methoxy groups -OCH3 is 3. The largest absolute Gasteiger partial charge is 0.493 e. The number of ether oxygens (including phenoxy) is 3. The number of nitrogens with zero attached hydrogens (tertiary/aromatic N) is 1. The molecule has 3 aromatic rings. The number of hydrogen-bond acceptors (Lipinski definition) is 5. The van der Waals surface area contributed by atoms with Crippen LogP contribution in [-0.2, 0) is 4.74 Å². The number of H-pyrrole nitrogens is 1. The molecular weight excluding hydrogens is 320 g/mol. The van der Waals surface area contributed by atoms with Crippen LogP contribution in [0.5, 0.6) is 11.5 Å². The summed E-state index contributed by atoms with van der Waals surface area (Å²) < 4.78 is 15.5. The Morgan fingerprint density at radius 2 is 1.64 bits per heavy atom. The number of aromatic nitrogens is 2. The molecule has 0 unspecified atom stereocenters. The minimum absolute atomic E-state index is 0.286. The second kappa shape index (κ2) is 7.09. The van der Waals surface area contributed by atoms with Gasteiger partial charge in [-0.25, -0.2) is 9.78 Å². The second-order valence-corrected chi connectivity index (χ2v) is 5.24. The van der Waals surface area contributed by atoms with E-state index in [1.807, 2.05) is 36.4 Å². The highest BCUT2D eigenvalue weighted by molar-refractivity contribution is 5.95. The average molecular weight is 338 g/mol. The van der Waals surface area contributed by atoms with Gasteiger partial charge in [0.05, 0.1) is 21.3 Å². The quantitative estimate of drug-likeness (QED) is 0.720. The lowest BCUT2D eigenvalue weighted by atomic mass is 10.1. The standard InChI is InChI=1S/C19H18N2O4/c1-23-14-10-9-13(11-15(14)24-2)16-17(19(22)25-3)21-18(20-16)12-7-5-4-6-8-12/h4-11H,1-3H3,(H,20,21). The van der Waals surface area contributed by atoms with E-state index in [1.165, 1.54) is 7.11 Å². The highest BCUT2D eigenvalue weighted by atomic mass is 16.5. The molecule has 0 amide bonds. The molecule has 0 atom stereocenters. The van der Waals surface area contributed by atoms with Crippen molar-refractivity contribution in [2.24, 2.45) is 0 Å². The zero-order valence-electron chi connectivity index (χ0n) is 14.2. The van der Waals surface area contributed by atoms with Gasteiger partial charge in [0, 0.05) is 11.1 Å². The Morgan fingerprint density at radius 3 is 2.28 bits per heavy atom. The third-order valence-electron chi connectivity index (χ3n) is 3.80. The number of hydrogen-bond donors (Lipinski definition) is 1. The SMILES string of the molecule is COC(=O)c1[nH]c(-c2ccccc2)nc1-c1ccc(OC)c(OC)c1. The fourth-order valence-electron chi connectivity index (χ4n) is 2.55. The van der Waals surface area contributed by atoms with Crippen LogP contribution < -0.4 is 9.47 Å². The van der Waals surface area contributed by atoms with Crippen LogP contribution in [0.3, 0.4) is 0 Å². The van der Waals surface area contributed by atoms with Gasteiger partial charge < -0.3 is 19.2 Å². The fourth-order valence-corrected chi connectivity index (χ4v) is 2.55. The predicted molar refractivity (Wildman–Crippen MR) is 93.9 cm³/mol. The van der Waals surface area contributed by atoms with Gasteiger partial charge in [-0.05, 0) is 18.2 Å². The topological polar surface area (TPSA) is 73.4 Å². The molecule has 6 heteroatoms. The van der Waals surface area contributed by atoms with Gasteiger partial charge in [0.1, 0.15) is 11.5 Å². The minimum atomic E-state index is -0.487. The molecule has 1 N–H and O–H groups in total. The van der Waals surface area contributed by atoms with Crippen LogP contribution in [0.4, 0.5) is 0 Å². The Bertz CT molecular complexity index is 888. The summed E-state index contributed by atoms with van der Waals surface area (Å²) in [5, 5.41) is 0. The van der Waals surface area contributed by atoms with E-state index in [2.05, 4.69) is 9.97 Å². The van der Waals surface area contributed by atoms with Crippen molar-refractivity contribution in [1.82, 2.24) is 9.97 Å². The van der Waals surface area contributed by atoms with E-state index in [9.17, 15) is 4.79 Å². The monoisotopic (exact) mass is 338 g/mol. The van der Waals surface area contributed by atoms with Crippen molar-refractivity contribution in [2.75, 3.05) is 21.3 Å². The Kier molecular flexibility index (Phi) is 4.70. The van der Waals surface area contributed by atoms with E-state index < -0.39 is 5.97 Å². The molecule has 0 saturated heterocycles. The minimum Gasteiger partial charge on any atom is -0.493 e. The number of carbonyl (C=O) groups is 1. The molecule has 6 nitrogen and oxygen atoms in total. The molecule has 0 radical (unpaired) electrons. The molecule has 0 aliphatic rings. The molecule has 1 aromatic heterocycles. The maximum absolute atomic E-state index is 12.2. The second-order valence-electron chi connectivity index (χ2n) is 5.24. The Labute approximate surface area is 145 Å². The van der Waals surface area contributed by atoms with Crippen LogP contribution in [-0.4, -0.2) is 37.3 Å². The highest BCUT2D eigenvalue weighted by Crippen LogP contribution is 2.34.